The van der Waals surface area contributed by atoms with E-state index < -0.39 is 0 Å². The van der Waals surface area contributed by atoms with Crippen LogP contribution in [0.1, 0.15) is 28.4 Å². The predicted molar refractivity (Wildman–Crippen MR) is 87.5 cm³/mol. The van der Waals surface area contributed by atoms with Crippen molar-refractivity contribution in [3.05, 3.63) is 47.8 Å². The van der Waals surface area contributed by atoms with Crippen molar-refractivity contribution < 1.29 is 9.53 Å². The van der Waals surface area contributed by atoms with Crippen molar-refractivity contribution in [2.45, 2.75) is 19.4 Å². The first-order valence-electron chi connectivity index (χ1n) is 7.91. The zero-order valence-electron chi connectivity index (χ0n) is 13.3. The molecule has 1 saturated heterocycles. The van der Waals surface area contributed by atoms with Gasteiger partial charge in [0.2, 0.25) is 0 Å². The van der Waals surface area contributed by atoms with Crippen molar-refractivity contribution in [2.75, 3.05) is 26.2 Å². The van der Waals surface area contributed by atoms with E-state index >= 15 is 0 Å². The highest BCUT2D eigenvalue weighted by atomic mass is 16.5. The van der Waals surface area contributed by atoms with Crippen LogP contribution in [0.5, 0.6) is 5.75 Å². The Balaban J connectivity index is 1.67. The lowest BCUT2D eigenvalue weighted by Gasteiger charge is -2.39. The first kappa shape index (κ1) is 15.6. The summed E-state index contributed by atoms with van der Waals surface area (Å²) in [4.78, 5) is 14.5. The summed E-state index contributed by atoms with van der Waals surface area (Å²) in [6.45, 7) is 4.44. The number of nitrogens with zero attached hydrogens (tertiary/aromatic N) is 3. The molecule has 23 heavy (non-hydrogen) atoms. The molecule has 1 aliphatic rings. The minimum absolute atomic E-state index is 0.0103. The maximum absolute atomic E-state index is 12.7. The van der Waals surface area contributed by atoms with E-state index in [9.17, 15) is 4.79 Å². The molecule has 3 rings (SSSR count). The molecule has 1 amide bonds. The smallest absolute Gasteiger partial charge is 0.257 e. The highest BCUT2D eigenvalue weighted by Gasteiger charge is 2.33. The standard InChI is InChI=1S/C17H22N4O2/c1-13-4-5-15(16(10-13)23-9-2-6-18)17(22)20-11-14(12-20)21-8-3-7-19-21/h3-5,7-8,10,14H,2,6,9,11-12,18H2,1H3. The number of carbonyl (C=O) groups excluding carboxylic acids is 1. The van der Waals surface area contributed by atoms with Crippen molar-refractivity contribution in [2.24, 2.45) is 5.73 Å². The van der Waals surface area contributed by atoms with Gasteiger partial charge >= 0.3 is 0 Å². The molecule has 1 aromatic carbocycles. The summed E-state index contributed by atoms with van der Waals surface area (Å²) >= 11 is 0. The second kappa shape index (κ2) is 6.83. The van der Waals surface area contributed by atoms with E-state index in [4.69, 9.17) is 10.5 Å². The van der Waals surface area contributed by atoms with E-state index in [0.29, 0.717) is 37.6 Å². The van der Waals surface area contributed by atoms with Gasteiger partial charge in [-0.2, -0.15) is 5.10 Å². The average Bonchev–Trinajstić information content (AvgIpc) is 3.00. The largest absolute Gasteiger partial charge is 0.493 e. The number of ether oxygens (including phenoxy) is 1. The summed E-state index contributed by atoms with van der Waals surface area (Å²) in [6.07, 6.45) is 4.46. The summed E-state index contributed by atoms with van der Waals surface area (Å²) in [7, 11) is 0. The van der Waals surface area contributed by atoms with Crippen LogP contribution in [0.4, 0.5) is 0 Å². The summed E-state index contributed by atoms with van der Waals surface area (Å²) in [6, 6.07) is 7.85. The van der Waals surface area contributed by atoms with Crippen LogP contribution in [-0.2, 0) is 0 Å². The van der Waals surface area contributed by atoms with Crippen LogP contribution in [0.25, 0.3) is 0 Å². The first-order chi connectivity index (χ1) is 11.2. The number of aryl methyl sites for hydroxylation is 1. The molecule has 2 heterocycles. The molecule has 0 radical (unpaired) electrons. The van der Waals surface area contributed by atoms with E-state index in [0.717, 1.165) is 12.0 Å². The highest BCUT2D eigenvalue weighted by Crippen LogP contribution is 2.27. The molecule has 6 nitrogen and oxygen atoms in total. The van der Waals surface area contributed by atoms with Gasteiger partial charge in [-0.3, -0.25) is 9.48 Å². The van der Waals surface area contributed by atoms with Crippen molar-refractivity contribution in [3.8, 4) is 5.75 Å². The Labute approximate surface area is 135 Å². The van der Waals surface area contributed by atoms with Gasteiger partial charge in [-0.05, 0) is 43.7 Å². The minimum Gasteiger partial charge on any atom is -0.493 e. The molecule has 122 valence electrons. The summed E-state index contributed by atoms with van der Waals surface area (Å²) in [5.74, 6) is 0.655. The van der Waals surface area contributed by atoms with Gasteiger partial charge in [0, 0.05) is 25.5 Å². The van der Waals surface area contributed by atoms with Crippen LogP contribution in [-0.4, -0.2) is 46.8 Å². The molecule has 1 aromatic heterocycles. The van der Waals surface area contributed by atoms with E-state index in [1.807, 2.05) is 47.0 Å². The molecule has 0 unspecified atom stereocenters. The van der Waals surface area contributed by atoms with Gasteiger partial charge in [0.25, 0.3) is 5.91 Å². The summed E-state index contributed by atoms with van der Waals surface area (Å²) in [5, 5.41) is 4.23. The first-order valence-corrected chi connectivity index (χ1v) is 7.91. The van der Waals surface area contributed by atoms with Gasteiger partial charge in [-0.15, -0.1) is 0 Å². The number of likely N-dealkylation sites (tertiary alicyclic amines) is 1. The molecular weight excluding hydrogens is 292 g/mol. The molecule has 1 fully saturated rings. The van der Waals surface area contributed by atoms with Crippen molar-refractivity contribution in [1.82, 2.24) is 14.7 Å². The molecule has 1 aliphatic heterocycles. The van der Waals surface area contributed by atoms with Crippen molar-refractivity contribution in [1.29, 1.82) is 0 Å². The van der Waals surface area contributed by atoms with E-state index in [2.05, 4.69) is 5.10 Å². The Hall–Kier alpha value is -2.34. The van der Waals surface area contributed by atoms with Crippen molar-refractivity contribution >= 4 is 5.91 Å². The predicted octanol–water partition coefficient (Wildman–Crippen LogP) is 1.62. The van der Waals surface area contributed by atoms with Gasteiger partial charge in [-0.25, -0.2) is 0 Å². The maximum atomic E-state index is 12.7. The van der Waals surface area contributed by atoms with E-state index in [1.54, 1.807) is 6.20 Å². The number of hydrogen-bond acceptors (Lipinski definition) is 4. The quantitative estimate of drug-likeness (QED) is 0.822. The van der Waals surface area contributed by atoms with Gasteiger partial charge < -0.3 is 15.4 Å². The van der Waals surface area contributed by atoms with E-state index in [1.165, 1.54) is 0 Å². The number of benzene rings is 1. The number of nitrogens with two attached hydrogens (primary N) is 1. The molecule has 2 aromatic rings. The normalized spacial score (nSPS) is 14.6. The molecule has 6 heteroatoms. The number of amides is 1. The Morgan fingerprint density at radius 3 is 2.96 bits per heavy atom. The molecule has 2 N–H and O–H groups in total. The Bertz CT molecular complexity index is 663. The van der Waals surface area contributed by atoms with Gasteiger partial charge in [0.15, 0.2) is 0 Å². The lowest BCUT2D eigenvalue weighted by atomic mass is 10.0. The number of rotatable bonds is 6. The van der Waals surface area contributed by atoms with Gasteiger partial charge in [0.05, 0.1) is 18.2 Å². The number of carbonyl (C=O) groups is 1. The van der Waals surface area contributed by atoms with Crippen LogP contribution < -0.4 is 10.5 Å². The molecule has 0 saturated carbocycles. The van der Waals surface area contributed by atoms with Gasteiger partial charge in [0.1, 0.15) is 5.75 Å². The van der Waals surface area contributed by atoms with Crippen LogP contribution in [0.15, 0.2) is 36.7 Å². The fraction of sp³-hybridized carbons (Fsp3) is 0.412. The number of aromatic nitrogens is 2. The lowest BCUT2D eigenvalue weighted by molar-refractivity contribution is 0.0497. The SMILES string of the molecule is Cc1ccc(C(=O)N2CC(n3cccn3)C2)c(OCCCN)c1. The molecule has 0 spiro atoms. The summed E-state index contributed by atoms with van der Waals surface area (Å²) < 4.78 is 7.65. The van der Waals surface area contributed by atoms with Crippen LogP contribution in [0.2, 0.25) is 0 Å². The average molecular weight is 314 g/mol. The second-order valence-electron chi connectivity index (χ2n) is 5.84. The minimum atomic E-state index is 0.0103. The number of hydrogen-bond donors (Lipinski definition) is 1. The zero-order valence-corrected chi connectivity index (χ0v) is 13.3. The molecular formula is C17H22N4O2. The summed E-state index contributed by atoms with van der Waals surface area (Å²) in [5.41, 5.74) is 7.19. The highest BCUT2D eigenvalue weighted by molar-refractivity contribution is 5.97. The van der Waals surface area contributed by atoms with Gasteiger partial charge in [-0.1, -0.05) is 6.07 Å². The zero-order chi connectivity index (χ0) is 16.2. The lowest BCUT2D eigenvalue weighted by Crippen LogP contribution is -2.50. The Morgan fingerprint density at radius 1 is 1.43 bits per heavy atom. The monoisotopic (exact) mass is 314 g/mol. The Kier molecular flexibility index (Phi) is 4.62. The topological polar surface area (TPSA) is 73.4 Å². The third kappa shape index (κ3) is 3.37. The third-order valence-electron chi connectivity index (χ3n) is 4.02. The Morgan fingerprint density at radius 2 is 2.26 bits per heavy atom. The van der Waals surface area contributed by atoms with Crippen LogP contribution in [0, 0.1) is 6.92 Å². The van der Waals surface area contributed by atoms with Crippen molar-refractivity contribution in [3.63, 3.8) is 0 Å². The fourth-order valence-corrected chi connectivity index (χ4v) is 2.65. The molecule has 0 aliphatic carbocycles. The van der Waals surface area contributed by atoms with Crippen LogP contribution in [0.3, 0.4) is 0 Å². The molecule has 0 bridgehead atoms. The second-order valence-corrected chi connectivity index (χ2v) is 5.84. The fourth-order valence-electron chi connectivity index (χ4n) is 2.65. The third-order valence-corrected chi connectivity index (χ3v) is 4.02. The maximum Gasteiger partial charge on any atom is 0.257 e. The molecule has 0 atom stereocenters. The van der Waals surface area contributed by atoms with Crippen LogP contribution >= 0.6 is 0 Å². The van der Waals surface area contributed by atoms with E-state index in [-0.39, 0.29) is 11.9 Å².